The highest BCUT2D eigenvalue weighted by Gasteiger charge is 2.44. The molecule has 1 aliphatic heterocycles. The van der Waals surface area contributed by atoms with Crippen LogP contribution >= 0.6 is 0 Å². The monoisotopic (exact) mass is 251 g/mol. The highest BCUT2D eigenvalue weighted by atomic mass is 16.5. The molecular weight excluding hydrogens is 226 g/mol. The number of rotatable bonds is 3. The molecule has 2 rings (SSSR count). The lowest BCUT2D eigenvalue weighted by atomic mass is 9.72. The van der Waals surface area contributed by atoms with Crippen LogP contribution in [0.5, 0.6) is 0 Å². The fourth-order valence-corrected chi connectivity index (χ4v) is 3.15. The third-order valence-corrected chi connectivity index (χ3v) is 4.61. The molecule has 0 spiro atoms. The number of carbonyl (C=O) groups excluding carboxylic acids is 1. The van der Waals surface area contributed by atoms with E-state index >= 15 is 0 Å². The quantitative estimate of drug-likeness (QED) is 0.772. The average molecular weight is 251 g/mol. The number of hydrogen-bond acceptors (Lipinski definition) is 3. The van der Waals surface area contributed by atoms with Gasteiger partial charge in [-0.25, -0.2) is 0 Å². The number of ketones is 1. The number of ether oxygens (including phenoxy) is 1. The molecule has 3 nitrogen and oxygen atoms in total. The van der Waals surface area contributed by atoms with Gasteiger partial charge in [-0.3, -0.25) is 9.69 Å². The first kappa shape index (κ1) is 13.6. The van der Waals surface area contributed by atoms with Gasteiger partial charge in [0.1, 0.15) is 0 Å². The third kappa shape index (κ3) is 2.46. The lowest BCUT2D eigenvalue weighted by Crippen LogP contribution is -2.53. The summed E-state index contributed by atoms with van der Waals surface area (Å²) in [6.07, 6.45) is 7.82. The molecule has 1 aliphatic carbocycles. The Morgan fingerprint density at radius 1 is 1.39 bits per heavy atom. The molecule has 3 heteroatoms. The van der Waals surface area contributed by atoms with Crippen molar-refractivity contribution < 1.29 is 9.53 Å². The van der Waals surface area contributed by atoms with Crippen molar-refractivity contribution in [1.29, 1.82) is 0 Å². The number of hydrogen-bond donors (Lipinski definition) is 0. The molecule has 0 aromatic heterocycles. The van der Waals surface area contributed by atoms with Gasteiger partial charge in [0.05, 0.1) is 18.4 Å². The highest BCUT2D eigenvalue weighted by Crippen LogP contribution is 2.38. The minimum Gasteiger partial charge on any atom is -0.501 e. The van der Waals surface area contributed by atoms with Gasteiger partial charge in [-0.1, -0.05) is 6.92 Å². The molecule has 1 heterocycles. The van der Waals surface area contributed by atoms with E-state index in [2.05, 4.69) is 11.8 Å². The summed E-state index contributed by atoms with van der Waals surface area (Å²) < 4.78 is 5.34. The summed E-state index contributed by atoms with van der Waals surface area (Å²) in [5.41, 5.74) is 0.614. The molecule has 0 unspecified atom stereocenters. The van der Waals surface area contributed by atoms with Crippen molar-refractivity contribution in [2.24, 2.45) is 5.92 Å². The zero-order valence-corrected chi connectivity index (χ0v) is 11.9. The van der Waals surface area contributed by atoms with Crippen molar-refractivity contribution in [2.75, 3.05) is 20.7 Å². The molecular formula is C15H25NO2. The van der Waals surface area contributed by atoms with Crippen molar-refractivity contribution >= 4 is 5.78 Å². The van der Waals surface area contributed by atoms with Crippen LogP contribution in [0.2, 0.25) is 0 Å². The molecule has 2 aliphatic rings. The second kappa shape index (κ2) is 5.43. The van der Waals surface area contributed by atoms with Crippen LogP contribution in [0.4, 0.5) is 0 Å². The summed E-state index contributed by atoms with van der Waals surface area (Å²) in [6.45, 7) is 3.04. The Morgan fingerprint density at radius 3 is 2.56 bits per heavy atom. The Bertz CT molecular complexity index is 338. The van der Waals surface area contributed by atoms with Gasteiger partial charge in [0.2, 0.25) is 0 Å². The molecule has 0 aromatic rings. The van der Waals surface area contributed by atoms with E-state index in [1.165, 1.54) is 0 Å². The molecule has 0 radical (unpaired) electrons. The summed E-state index contributed by atoms with van der Waals surface area (Å²) in [5, 5.41) is 0. The van der Waals surface area contributed by atoms with Crippen molar-refractivity contribution in [3.8, 4) is 0 Å². The summed E-state index contributed by atoms with van der Waals surface area (Å²) in [5.74, 6) is 1.06. The predicted octanol–water partition coefficient (Wildman–Crippen LogP) is 2.76. The molecule has 1 fully saturated rings. The van der Waals surface area contributed by atoms with Crippen LogP contribution in [0.3, 0.4) is 0 Å². The third-order valence-electron chi connectivity index (χ3n) is 4.61. The standard InChI is InChI=1S/C15H25NO2/c1-12-6-8-15(9-7-12,16(2)3)14(17)13-5-4-10-18-11-13/h11-12H,4-10H2,1-3H3. The molecule has 1 saturated carbocycles. The van der Waals surface area contributed by atoms with E-state index < -0.39 is 0 Å². The van der Waals surface area contributed by atoms with E-state index in [0.29, 0.717) is 5.78 Å². The lowest BCUT2D eigenvalue weighted by Gasteiger charge is -2.43. The highest BCUT2D eigenvalue weighted by molar-refractivity contribution is 6.02. The molecule has 0 N–H and O–H groups in total. The molecule has 102 valence electrons. The second-order valence-corrected chi connectivity index (χ2v) is 6.06. The number of Topliss-reactive ketones (excluding diaryl/α,β-unsaturated/α-hetero) is 1. The topological polar surface area (TPSA) is 29.5 Å². The van der Waals surface area contributed by atoms with Crippen LogP contribution in [-0.2, 0) is 9.53 Å². The zero-order valence-electron chi connectivity index (χ0n) is 11.9. The largest absolute Gasteiger partial charge is 0.501 e. The van der Waals surface area contributed by atoms with Crippen molar-refractivity contribution in [3.63, 3.8) is 0 Å². The Hall–Kier alpha value is -0.830. The first-order chi connectivity index (χ1) is 8.56. The van der Waals surface area contributed by atoms with Crippen LogP contribution in [0, 0.1) is 5.92 Å². The van der Waals surface area contributed by atoms with Gasteiger partial charge < -0.3 is 4.74 Å². The maximum absolute atomic E-state index is 12.8. The Labute approximate surface area is 110 Å². The molecule has 0 aromatic carbocycles. The summed E-state index contributed by atoms with van der Waals surface area (Å²) >= 11 is 0. The number of likely N-dealkylation sites (N-methyl/N-ethyl adjacent to an activating group) is 1. The predicted molar refractivity (Wildman–Crippen MR) is 72.3 cm³/mol. The van der Waals surface area contributed by atoms with E-state index in [-0.39, 0.29) is 5.54 Å². The molecule has 18 heavy (non-hydrogen) atoms. The van der Waals surface area contributed by atoms with Crippen molar-refractivity contribution in [3.05, 3.63) is 11.8 Å². The van der Waals surface area contributed by atoms with Crippen LogP contribution in [0.15, 0.2) is 11.8 Å². The van der Waals surface area contributed by atoms with Gasteiger partial charge in [-0.15, -0.1) is 0 Å². The fourth-order valence-electron chi connectivity index (χ4n) is 3.15. The molecule has 0 amide bonds. The lowest BCUT2D eigenvalue weighted by molar-refractivity contribution is -0.129. The normalized spacial score (nSPS) is 32.9. The molecule has 0 saturated heterocycles. The van der Waals surface area contributed by atoms with Gasteiger partial charge in [0.15, 0.2) is 5.78 Å². The summed E-state index contributed by atoms with van der Waals surface area (Å²) in [4.78, 5) is 15.0. The summed E-state index contributed by atoms with van der Waals surface area (Å²) in [6, 6.07) is 0. The van der Waals surface area contributed by atoms with Crippen LogP contribution in [-0.4, -0.2) is 36.9 Å². The van der Waals surface area contributed by atoms with Crippen LogP contribution < -0.4 is 0 Å². The van der Waals surface area contributed by atoms with E-state index in [9.17, 15) is 4.79 Å². The fraction of sp³-hybridized carbons (Fsp3) is 0.800. The van der Waals surface area contributed by atoms with Gasteiger partial charge in [0, 0.05) is 5.57 Å². The number of nitrogens with zero attached hydrogens (tertiary/aromatic N) is 1. The van der Waals surface area contributed by atoms with Gasteiger partial charge in [0.25, 0.3) is 0 Å². The molecule has 0 bridgehead atoms. The average Bonchev–Trinajstić information content (AvgIpc) is 2.40. The van der Waals surface area contributed by atoms with Crippen LogP contribution in [0.25, 0.3) is 0 Å². The number of carbonyl (C=O) groups is 1. The van der Waals surface area contributed by atoms with E-state index in [4.69, 9.17) is 4.74 Å². The smallest absolute Gasteiger partial charge is 0.182 e. The first-order valence-electron chi connectivity index (χ1n) is 7.09. The van der Waals surface area contributed by atoms with Crippen molar-refractivity contribution in [1.82, 2.24) is 4.90 Å². The Morgan fingerprint density at radius 2 is 2.06 bits per heavy atom. The zero-order chi connectivity index (χ0) is 13.2. The van der Waals surface area contributed by atoms with Crippen LogP contribution in [0.1, 0.15) is 45.4 Å². The maximum atomic E-state index is 12.8. The Kier molecular flexibility index (Phi) is 4.10. The van der Waals surface area contributed by atoms with Crippen molar-refractivity contribution in [2.45, 2.75) is 51.0 Å². The molecule has 0 atom stereocenters. The van der Waals surface area contributed by atoms with E-state index in [1.807, 2.05) is 14.1 Å². The minimum absolute atomic E-state index is 0.279. The minimum atomic E-state index is -0.279. The van der Waals surface area contributed by atoms with Gasteiger partial charge in [-0.2, -0.15) is 0 Å². The summed E-state index contributed by atoms with van der Waals surface area (Å²) in [7, 11) is 4.08. The second-order valence-electron chi connectivity index (χ2n) is 6.06. The van der Waals surface area contributed by atoms with E-state index in [1.54, 1.807) is 6.26 Å². The first-order valence-corrected chi connectivity index (χ1v) is 7.09. The van der Waals surface area contributed by atoms with Gasteiger partial charge >= 0.3 is 0 Å². The maximum Gasteiger partial charge on any atom is 0.182 e. The van der Waals surface area contributed by atoms with E-state index in [0.717, 1.165) is 56.6 Å². The Balaban J connectivity index is 2.19. The SMILES string of the molecule is CC1CCC(C(=O)C2=COCCC2)(N(C)C)CC1. The van der Waals surface area contributed by atoms with Gasteiger partial charge in [-0.05, 0) is 58.5 Å².